The Bertz CT molecular complexity index is 3060. The number of thiophene rings is 1. The molecule has 8 aromatic carbocycles. The maximum Gasteiger partial charge on any atom is 0.143 e. The fraction of sp³-hybridized carbons (Fsp3) is 0. The van der Waals surface area contributed by atoms with Crippen LogP contribution in [-0.4, -0.2) is 4.57 Å². The summed E-state index contributed by atoms with van der Waals surface area (Å²) in [7, 11) is 0. The predicted octanol–water partition coefficient (Wildman–Crippen LogP) is 13.7. The van der Waals surface area contributed by atoms with Crippen molar-refractivity contribution in [1.29, 1.82) is 0 Å². The molecule has 0 radical (unpaired) electrons. The highest BCUT2D eigenvalue weighted by Gasteiger charge is 2.21. The fourth-order valence-corrected chi connectivity index (χ4v) is 9.09. The first-order valence-corrected chi connectivity index (χ1v) is 17.7. The monoisotopic (exact) mass is 656 g/mol. The summed E-state index contributed by atoms with van der Waals surface area (Å²) in [6.45, 7) is 0. The molecule has 0 N–H and O–H groups in total. The first-order chi connectivity index (χ1) is 24.8. The SMILES string of the molecule is c1ccc2c(c1)ccc1c2oc2cccc(N(c3ccc(-n4c5ccccc5c5ccccc54)cc3)c3ccc4c(c3)sc3ccccc34)c21. The lowest BCUT2D eigenvalue weighted by atomic mass is 10.0. The van der Waals surface area contributed by atoms with Crippen LogP contribution in [0.1, 0.15) is 0 Å². The Morgan fingerprint density at radius 3 is 1.90 bits per heavy atom. The van der Waals surface area contributed by atoms with Crippen LogP contribution in [0, 0.1) is 0 Å². The van der Waals surface area contributed by atoms with Gasteiger partial charge >= 0.3 is 0 Å². The van der Waals surface area contributed by atoms with Gasteiger partial charge in [-0.25, -0.2) is 0 Å². The minimum atomic E-state index is 0.878. The number of hydrogen-bond donors (Lipinski definition) is 0. The fourth-order valence-electron chi connectivity index (χ4n) is 7.95. The van der Waals surface area contributed by atoms with E-state index < -0.39 is 0 Å². The van der Waals surface area contributed by atoms with Crippen molar-refractivity contribution >= 4 is 103 Å². The van der Waals surface area contributed by atoms with Crippen molar-refractivity contribution in [2.24, 2.45) is 0 Å². The lowest BCUT2D eigenvalue weighted by Crippen LogP contribution is -2.10. The van der Waals surface area contributed by atoms with Crippen LogP contribution in [0.4, 0.5) is 17.1 Å². The van der Waals surface area contributed by atoms with Crippen molar-refractivity contribution in [2.75, 3.05) is 4.90 Å². The molecule has 0 bridgehead atoms. The van der Waals surface area contributed by atoms with Gasteiger partial charge in [0.2, 0.25) is 0 Å². The molecule has 50 heavy (non-hydrogen) atoms. The van der Waals surface area contributed by atoms with Gasteiger partial charge in [-0.2, -0.15) is 0 Å². The van der Waals surface area contributed by atoms with Gasteiger partial charge in [0, 0.05) is 58.8 Å². The van der Waals surface area contributed by atoms with Crippen LogP contribution in [0.15, 0.2) is 174 Å². The summed E-state index contributed by atoms with van der Waals surface area (Å²) in [5, 5.41) is 9.63. The van der Waals surface area contributed by atoms with Crippen molar-refractivity contribution in [3.63, 3.8) is 0 Å². The maximum atomic E-state index is 6.66. The van der Waals surface area contributed by atoms with Gasteiger partial charge in [-0.3, -0.25) is 0 Å². The number of furan rings is 1. The van der Waals surface area contributed by atoms with E-state index in [1.807, 2.05) is 11.3 Å². The number of hydrogen-bond acceptors (Lipinski definition) is 3. The smallest absolute Gasteiger partial charge is 0.143 e. The Hall–Kier alpha value is -6.36. The Kier molecular flexibility index (Phi) is 5.83. The van der Waals surface area contributed by atoms with Crippen molar-refractivity contribution in [3.8, 4) is 5.69 Å². The third kappa shape index (κ3) is 3.97. The molecule has 0 fully saturated rings. The molecule has 3 nitrogen and oxygen atoms in total. The van der Waals surface area contributed by atoms with Crippen LogP contribution in [-0.2, 0) is 0 Å². The third-order valence-electron chi connectivity index (χ3n) is 10.2. The van der Waals surface area contributed by atoms with E-state index in [0.29, 0.717) is 0 Å². The lowest BCUT2D eigenvalue weighted by Gasteiger charge is -2.26. The zero-order chi connectivity index (χ0) is 32.8. The number of rotatable bonds is 4. The molecular formula is C46H28N2OS. The van der Waals surface area contributed by atoms with Gasteiger partial charge in [-0.15, -0.1) is 11.3 Å². The van der Waals surface area contributed by atoms with Crippen molar-refractivity contribution in [3.05, 3.63) is 170 Å². The molecule has 0 amide bonds. The predicted molar refractivity (Wildman–Crippen MR) is 213 cm³/mol. The number of benzene rings is 8. The number of fused-ring (bicyclic) bond motifs is 11. The van der Waals surface area contributed by atoms with E-state index in [-0.39, 0.29) is 0 Å². The van der Waals surface area contributed by atoms with Crippen molar-refractivity contribution in [2.45, 2.75) is 0 Å². The highest BCUT2D eigenvalue weighted by atomic mass is 32.1. The average molecular weight is 657 g/mol. The van der Waals surface area contributed by atoms with E-state index in [2.05, 4.69) is 179 Å². The van der Waals surface area contributed by atoms with E-state index >= 15 is 0 Å². The summed E-state index contributed by atoms with van der Waals surface area (Å²) >= 11 is 1.85. The second-order valence-electron chi connectivity index (χ2n) is 12.9. The highest BCUT2D eigenvalue weighted by molar-refractivity contribution is 7.25. The summed E-state index contributed by atoms with van der Waals surface area (Å²) < 4.78 is 11.6. The van der Waals surface area contributed by atoms with Crippen LogP contribution in [0.2, 0.25) is 0 Å². The molecule has 0 aliphatic carbocycles. The standard InChI is InChI=1S/C46H28N2OS/c1-2-11-33-29(10-1)20-26-38-45-41(17-9-18-42(45)49-46(33)38)47(32-25-27-37-36-14-5-8-19-43(36)50-44(37)28-32)30-21-23-31(24-22-30)48-39-15-6-3-12-34(39)35-13-4-7-16-40(35)48/h1-28H. The molecule has 0 saturated heterocycles. The zero-order valence-corrected chi connectivity index (χ0v) is 27.7. The first kappa shape index (κ1) is 27.6. The average Bonchev–Trinajstić information content (AvgIpc) is 3.85. The molecular weight excluding hydrogens is 629 g/mol. The van der Waals surface area contributed by atoms with Crippen molar-refractivity contribution < 1.29 is 4.42 Å². The first-order valence-electron chi connectivity index (χ1n) is 16.9. The van der Waals surface area contributed by atoms with Crippen LogP contribution in [0.5, 0.6) is 0 Å². The van der Waals surface area contributed by atoms with Gasteiger partial charge in [-0.1, -0.05) is 97.1 Å². The number of aromatic nitrogens is 1. The number of anilines is 3. The second kappa shape index (κ2) is 10.6. The summed E-state index contributed by atoms with van der Waals surface area (Å²) in [4.78, 5) is 2.39. The van der Waals surface area contributed by atoms with Gasteiger partial charge in [0.25, 0.3) is 0 Å². The van der Waals surface area contributed by atoms with Crippen molar-refractivity contribution in [1.82, 2.24) is 4.57 Å². The van der Waals surface area contributed by atoms with E-state index in [9.17, 15) is 0 Å². The Morgan fingerprint density at radius 1 is 0.460 bits per heavy atom. The van der Waals surface area contributed by atoms with Gasteiger partial charge < -0.3 is 13.9 Å². The normalized spacial score (nSPS) is 12.0. The van der Waals surface area contributed by atoms with Crippen LogP contribution in [0.3, 0.4) is 0 Å². The Morgan fingerprint density at radius 2 is 1.10 bits per heavy atom. The van der Waals surface area contributed by atoms with E-state index in [1.54, 1.807) is 0 Å². The molecule has 11 rings (SSSR count). The van der Waals surface area contributed by atoms with Gasteiger partial charge in [-0.05, 0) is 78.2 Å². The van der Waals surface area contributed by atoms with E-state index in [0.717, 1.165) is 50.1 Å². The zero-order valence-electron chi connectivity index (χ0n) is 26.9. The largest absolute Gasteiger partial charge is 0.455 e. The molecule has 3 aromatic heterocycles. The molecule has 0 saturated carbocycles. The van der Waals surface area contributed by atoms with Gasteiger partial charge in [0.05, 0.1) is 22.1 Å². The Labute approximate surface area is 291 Å². The minimum Gasteiger partial charge on any atom is -0.455 e. The molecule has 4 heteroatoms. The molecule has 0 spiro atoms. The van der Waals surface area contributed by atoms with Crippen LogP contribution in [0.25, 0.3) is 80.4 Å². The molecule has 0 aliphatic rings. The second-order valence-corrected chi connectivity index (χ2v) is 14.0. The summed E-state index contributed by atoms with van der Waals surface area (Å²) in [6, 6.07) is 61.2. The van der Waals surface area contributed by atoms with E-state index in [4.69, 9.17) is 4.42 Å². The lowest BCUT2D eigenvalue weighted by molar-refractivity contribution is 0.672. The minimum absolute atomic E-state index is 0.878. The van der Waals surface area contributed by atoms with E-state index in [1.165, 1.54) is 47.4 Å². The number of para-hydroxylation sites is 2. The summed E-state index contributed by atoms with van der Waals surface area (Å²) in [5.41, 5.74) is 8.61. The summed E-state index contributed by atoms with van der Waals surface area (Å²) in [5.74, 6) is 0. The third-order valence-corrected chi connectivity index (χ3v) is 11.3. The molecule has 3 heterocycles. The number of nitrogens with zero attached hydrogens (tertiary/aromatic N) is 2. The molecule has 0 aliphatic heterocycles. The molecule has 0 unspecified atom stereocenters. The highest BCUT2D eigenvalue weighted by Crippen LogP contribution is 2.46. The van der Waals surface area contributed by atoms with Crippen LogP contribution >= 0.6 is 11.3 Å². The molecule has 234 valence electrons. The molecule has 11 aromatic rings. The summed E-state index contributed by atoms with van der Waals surface area (Å²) in [6.07, 6.45) is 0. The Balaban J connectivity index is 1.15. The maximum absolute atomic E-state index is 6.66. The quantitative estimate of drug-likeness (QED) is 0.188. The van der Waals surface area contributed by atoms with Gasteiger partial charge in [0.15, 0.2) is 0 Å². The molecule has 0 atom stereocenters. The van der Waals surface area contributed by atoms with Gasteiger partial charge in [0.1, 0.15) is 11.2 Å². The topological polar surface area (TPSA) is 21.3 Å². The van der Waals surface area contributed by atoms with Crippen LogP contribution < -0.4 is 4.90 Å².